The van der Waals surface area contributed by atoms with Gasteiger partial charge in [0.2, 0.25) is 11.8 Å². The van der Waals surface area contributed by atoms with Crippen molar-refractivity contribution in [2.24, 2.45) is 0 Å². The highest BCUT2D eigenvalue weighted by Gasteiger charge is 2.21. The summed E-state index contributed by atoms with van der Waals surface area (Å²) < 4.78 is 5.59. The van der Waals surface area contributed by atoms with Gasteiger partial charge in [-0.1, -0.05) is 30.3 Å². The summed E-state index contributed by atoms with van der Waals surface area (Å²) in [5, 5.41) is 9.02. The number of carbonyl (C=O) groups excluding carboxylic acids is 2. The number of halogens is 1. The zero-order valence-corrected chi connectivity index (χ0v) is 17.2. The van der Waals surface area contributed by atoms with Crippen LogP contribution >= 0.6 is 12.4 Å². The van der Waals surface area contributed by atoms with E-state index in [0.717, 1.165) is 36.4 Å². The molecule has 1 saturated heterocycles. The topological polar surface area (TPSA) is 79.5 Å². The van der Waals surface area contributed by atoms with E-state index < -0.39 is 0 Å². The van der Waals surface area contributed by atoms with E-state index in [1.54, 1.807) is 0 Å². The van der Waals surface area contributed by atoms with Crippen LogP contribution in [0.15, 0.2) is 54.6 Å². The van der Waals surface area contributed by atoms with Gasteiger partial charge in [0.1, 0.15) is 5.75 Å². The molecule has 2 aromatic carbocycles. The molecular weight excluding hydrogens is 390 g/mol. The molecule has 0 saturated carbocycles. The number of hydrogen-bond donors (Lipinski definition) is 3. The lowest BCUT2D eigenvalue weighted by atomic mass is 10.2. The lowest BCUT2D eigenvalue weighted by Gasteiger charge is -2.11. The van der Waals surface area contributed by atoms with E-state index in [4.69, 9.17) is 4.74 Å². The van der Waals surface area contributed by atoms with Crippen molar-refractivity contribution in [3.8, 4) is 5.75 Å². The van der Waals surface area contributed by atoms with Crippen LogP contribution in [0.2, 0.25) is 0 Å². The molecule has 1 heterocycles. The summed E-state index contributed by atoms with van der Waals surface area (Å²) in [5.41, 5.74) is 1.75. The van der Waals surface area contributed by atoms with E-state index in [1.807, 2.05) is 54.6 Å². The maximum atomic E-state index is 12.0. The third-order valence-corrected chi connectivity index (χ3v) is 4.64. The molecule has 1 atom stereocenters. The molecule has 156 valence electrons. The number of para-hydroxylation sites is 1. The fourth-order valence-electron chi connectivity index (χ4n) is 3.09. The van der Waals surface area contributed by atoms with E-state index in [2.05, 4.69) is 16.0 Å². The molecule has 1 aliphatic rings. The van der Waals surface area contributed by atoms with Gasteiger partial charge < -0.3 is 20.7 Å². The first-order valence-electron chi connectivity index (χ1n) is 9.78. The van der Waals surface area contributed by atoms with E-state index >= 15 is 0 Å². The van der Waals surface area contributed by atoms with Crippen molar-refractivity contribution in [2.75, 3.05) is 18.5 Å². The minimum absolute atomic E-state index is 0. The number of nitrogens with one attached hydrogen (secondary N) is 3. The van der Waals surface area contributed by atoms with Crippen LogP contribution in [0.1, 0.15) is 31.2 Å². The molecule has 0 aliphatic carbocycles. The summed E-state index contributed by atoms with van der Waals surface area (Å²) in [6, 6.07) is 17.0. The van der Waals surface area contributed by atoms with Gasteiger partial charge in [-0.3, -0.25) is 9.59 Å². The van der Waals surface area contributed by atoms with Crippen LogP contribution in [0.3, 0.4) is 0 Å². The number of benzene rings is 2. The van der Waals surface area contributed by atoms with E-state index in [0.29, 0.717) is 26.0 Å². The fourth-order valence-corrected chi connectivity index (χ4v) is 3.09. The minimum atomic E-state index is -0.0653. The quantitative estimate of drug-likeness (QED) is 0.547. The van der Waals surface area contributed by atoms with Crippen molar-refractivity contribution in [3.63, 3.8) is 0 Å². The number of rotatable bonds is 9. The van der Waals surface area contributed by atoms with Crippen LogP contribution in [-0.2, 0) is 16.1 Å². The molecule has 3 N–H and O–H groups in total. The first-order chi connectivity index (χ1) is 13.7. The average Bonchev–Trinajstić information content (AvgIpc) is 3.26. The second-order valence-electron chi connectivity index (χ2n) is 6.88. The monoisotopic (exact) mass is 417 g/mol. The summed E-state index contributed by atoms with van der Waals surface area (Å²) in [6.45, 7) is 1.90. The Labute approximate surface area is 177 Å². The smallest absolute Gasteiger partial charge is 0.237 e. The predicted molar refractivity (Wildman–Crippen MR) is 116 cm³/mol. The third kappa shape index (κ3) is 7.75. The van der Waals surface area contributed by atoms with Crippen molar-refractivity contribution in [2.45, 2.75) is 38.3 Å². The molecule has 29 heavy (non-hydrogen) atoms. The average molecular weight is 418 g/mol. The SMILES string of the molecule is Cl.O=C(CCCOc1ccccc1)Nc1ccc(CNC(=O)C2CCCN2)cc1. The lowest BCUT2D eigenvalue weighted by Crippen LogP contribution is -2.39. The van der Waals surface area contributed by atoms with E-state index in [9.17, 15) is 9.59 Å². The molecule has 6 nitrogen and oxygen atoms in total. The fraction of sp³-hybridized carbons (Fsp3) is 0.364. The summed E-state index contributed by atoms with van der Waals surface area (Å²) in [4.78, 5) is 24.0. The molecule has 0 aromatic heterocycles. The molecule has 2 amide bonds. The van der Waals surface area contributed by atoms with Gasteiger partial charge in [0.15, 0.2) is 0 Å². The van der Waals surface area contributed by atoms with Crippen LogP contribution in [0.4, 0.5) is 5.69 Å². The van der Waals surface area contributed by atoms with Crippen LogP contribution in [0.5, 0.6) is 5.75 Å². The van der Waals surface area contributed by atoms with Crippen molar-refractivity contribution in [1.29, 1.82) is 0 Å². The summed E-state index contributed by atoms with van der Waals surface area (Å²) in [6.07, 6.45) is 3.00. The zero-order valence-electron chi connectivity index (χ0n) is 16.4. The predicted octanol–water partition coefficient (Wildman–Crippen LogP) is 3.27. The minimum Gasteiger partial charge on any atom is -0.494 e. The van der Waals surface area contributed by atoms with Crippen LogP contribution in [0, 0.1) is 0 Å². The maximum absolute atomic E-state index is 12.0. The largest absolute Gasteiger partial charge is 0.494 e. The Kier molecular flexibility index (Phi) is 9.47. The number of anilines is 1. The molecule has 2 aromatic rings. The highest BCUT2D eigenvalue weighted by molar-refractivity contribution is 5.90. The number of hydrogen-bond acceptors (Lipinski definition) is 4. The molecule has 3 rings (SSSR count). The van der Waals surface area contributed by atoms with Crippen LogP contribution < -0.4 is 20.7 Å². The normalized spacial score (nSPS) is 15.2. The second-order valence-corrected chi connectivity index (χ2v) is 6.88. The van der Waals surface area contributed by atoms with Gasteiger partial charge in [0, 0.05) is 18.7 Å². The number of ether oxygens (including phenoxy) is 1. The Hall–Kier alpha value is -2.57. The summed E-state index contributed by atoms with van der Waals surface area (Å²) >= 11 is 0. The van der Waals surface area contributed by atoms with Crippen molar-refractivity contribution >= 4 is 29.9 Å². The summed E-state index contributed by atoms with van der Waals surface area (Å²) in [7, 11) is 0. The van der Waals surface area contributed by atoms with E-state index in [-0.39, 0.29) is 30.3 Å². The molecule has 1 aliphatic heterocycles. The van der Waals surface area contributed by atoms with Gasteiger partial charge in [-0.05, 0) is 55.6 Å². The molecular formula is C22H28ClN3O3. The Morgan fingerprint density at radius 1 is 1.07 bits per heavy atom. The van der Waals surface area contributed by atoms with Crippen molar-refractivity contribution in [3.05, 3.63) is 60.2 Å². The second kappa shape index (κ2) is 12.1. The van der Waals surface area contributed by atoms with Crippen molar-refractivity contribution < 1.29 is 14.3 Å². The molecule has 1 fully saturated rings. The van der Waals surface area contributed by atoms with Gasteiger partial charge >= 0.3 is 0 Å². The van der Waals surface area contributed by atoms with Gasteiger partial charge in [-0.15, -0.1) is 12.4 Å². The number of carbonyl (C=O) groups is 2. The molecule has 7 heteroatoms. The van der Waals surface area contributed by atoms with Crippen molar-refractivity contribution in [1.82, 2.24) is 10.6 Å². The summed E-state index contributed by atoms with van der Waals surface area (Å²) in [5.74, 6) is 0.826. The van der Waals surface area contributed by atoms with Gasteiger partial charge in [-0.2, -0.15) is 0 Å². The molecule has 0 radical (unpaired) electrons. The Morgan fingerprint density at radius 2 is 1.83 bits per heavy atom. The maximum Gasteiger partial charge on any atom is 0.237 e. The Balaban J connectivity index is 0.00000300. The Bertz CT molecular complexity index is 763. The molecule has 1 unspecified atom stereocenters. The van der Waals surface area contributed by atoms with Crippen LogP contribution in [0.25, 0.3) is 0 Å². The zero-order chi connectivity index (χ0) is 19.6. The molecule has 0 bridgehead atoms. The Morgan fingerprint density at radius 3 is 2.52 bits per heavy atom. The first kappa shape index (κ1) is 22.7. The first-order valence-corrected chi connectivity index (χ1v) is 9.78. The van der Waals surface area contributed by atoms with Gasteiger partial charge in [0.25, 0.3) is 0 Å². The standard InChI is InChI=1S/C22H27N3O3.ClH/c26-21(9-5-15-28-19-6-2-1-3-7-19)25-18-12-10-17(11-13-18)16-24-22(27)20-8-4-14-23-20;/h1-3,6-7,10-13,20,23H,4-5,8-9,14-16H2,(H,24,27)(H,25,26);1H. The highest BCUT2D eigenvalue weighted by Crippen LogP contribution is 2.12. The highest BCUT2D eigenvalue weighted by atomic mass is 35.5. The molecule has 0 spiro atoms. The lowest BCUT2D eigenvalue weighted by molar-refractivity contribution is -0.123. The van der Waals surface area contributed by atoms with Gasteiger partial charge in [-0.25, -0.2) is 0 Å². The van der Waals surface area contributed by atoms with E-state index in [1.165, 1.54) is 0 Å². The van der Waals surface area contributed by atoms with Crippen LogP contribution in [-0.4, -0.2) is 31.0 Å². The third-order valence-electron chi connectivity index (χ3n) is 4.64. The van der Waals surface area contributed by atoms with Gasteiger partial charge in [0.05, 0.1) is 12.6 Å². The number of amides is 2.